The van der Waals surface area contributed by atoms with E-state index in [4.69, 9.17) is 9.47 Å². The number of guanidine groups is 1. The highest BCUT2D eigenvalue weighted by atomic mass is 127. The maximum Gasteiger partial charge on any atom is 0.195 e. The molecule has 0 saturated carbocycles. The SMILES string of the molecule is CN=C(NCCc1ccsc1)Nc1ccc2c(c1)OCCCO2.I. The summed E-state index contributed by atoms with van der Waals surface area (Å²) in [5.74, 6) is 2.32. The Balaban J connectivity index is 0.00000208. The molecular formula is C17H22IN3O2S. The van der Waals surface area contributed by atoms with Crippen molar-refractivity contribution in [3.63, 3.8) is 0 Å². The average Bonchev–Trinajstić information content (AvgIpc) is 2.98. The zero-order valence-electron chi connectivity index (χ0n) is 13.6. The molecule has 5 nitrogen and oxygen atoms in total. The van der Waals surface area contributed by atoms with Crippen molar-refractivity contribution in [1.29, 1.82) is 0 Å². The van der Waals surface area contributed by atoms with Crippen molar-refractivity contribution >= 4 is 47.0 Å². The van der Waals surface area contributed by atoms with E-state index in [0.29, 0.717) is 13.2 Å². The number of halogens is 1. The molecule has 24 heavy (non-hydrogen) atoms. The van der Waals surface area contributed by atoms with Gasteiger partial charge in [-0.05, 0) is 40.9 Å². The minimum atomic E-state index is 0. The lowest BCUT2D eigenvalue weighted by Crippen LogP contribution is -2.32. The first-order valence-corrected chi connectivity index (χ1v) is 8.68. The van der Waals surface area contributed by atoms with Crippen LogP contribution in [-0.4, -0.2) is 32.8 Å². The quantitative estimate of drug-likeness (QED) is 0.416. The summed E-state index contributed by atoms with van der Waals surface area (Å²) >= 11 is 1.72. The van der Waals surface area contributed by atoms with Crippen molar-refractivity contribution in [3.8, 4) is 11.5 Å². The predicted octanol–water partition coefficient (Wildman–Crippen LogP) is 3.76. The van der Waals surface area contributed by atoms with Crippen LogP contribution in [0, 0.1) is 0 Å². The molecule has 0 aliphatic carbocycles. The summed E-state index contributed by atoms with van der Waals surface area (Å²) in [6.07, 6.45) is 1.88. The average molecular weight is 459 g/mol. The van der Waals surface area contributed by atoms with E-state index in [1.54, 1.807) is 18.4 Å². The summed E-state index contributed by atoms with van der Waals surface area (Å²) in [5, 5.41) is 10.9. The fraction of sp³-hybridized carbons (Fsp3) is 0.353. The van der Waals surface area contributed by atoms with E-state index in [0.717, 1.165) is 42.5 Å². The normalized spacial score (nSPS) is 13.6. The summed E-state index contributed by atoms with van der Waals surface area (Å²) in [5.41, 5.74) is 2.27. The highest BCUT2D eigenvalue weighted by molar-refractivity contribution is 14.0. The van der Waals surface area contributed by atoms with E-state index in [1.807, 2.05) is 18.2 Å². The van der Waals surface area contributed by atoms with Gasteiger partial charge in [0, 0.05) is 31.8 Å². The number of hydrogen-bond donors (Lipinski definition) is 2. The minimum Gasteiger partial charge on any atom is -0.490 e. The topological polar surface area (TPSA) is 54.9 Å². The van der Waals surface area contributed by atoms with Crippen molar-refractivity contribution in [1.82, 2.24) is 5.32 Å². The third kappa shape index (κ3) is 5.27. The molecule has 3 rings (SSSR count). The van der Waals surface area contributed by atoms with E-state index in [9.17, 15) is 0 Å². The largest absolute Gasteiger partial charge is 0.490 e. The first-order chi connectivity index (χ1) is 11.3. The number of rotatable bonds is 4. The molecule has 0 amide bonds. The molecule has 0 spiro atoms. The highest BCUT2D eigenvalue weighted by Crippen LogP contribution is 2.32. The van der Waals surface area contributed by atoms with Crippen LogP contribution in [0.15, 0.2) is 40.0 Å². The fourth-order valence-electron chi connectivity index (χ4n) is 2.32. The van der Waals surface area contributed by atoms with Crippen molar-refractivity contribution in [2.45, 2.75) is 12.8 Å². The number of hydrogen-bond acceptors (Lipinski definition) is 4. The van der Waals surface area contributed by atoms with Gasteiger partial charge in [0.1, 0.15) is 0 Å². The second kappa shape index (κ2) is 9.73. The molecule has 130 valence electrons. The van der Waals surface area contributed by atoms with Crippen LogP contribution in [0.25, 0.3) is 0 Å². The van der Waals surface area contributed by atoms with Gasteiger partial charge < -0.3 is 20.1 Å². The van der Waals surface area contributed by atoms with Crippen LogP contribution < -0.4 is 20.1 Å². The van der Waals surface area contributed by atoms with Crippen molar-refractivity contribution in [2.24, 2.45) is 4.99 Å². The van der Waals surface area contributed by atoms with Gasteiger partial charge in [0.05, 0.1) is 13.2 Å². The second-order valence-electron chi connectivity index (χ2n) is 5.22. The van der Waals surface area contributed by atoms with Gasteiger partial charge in [0.2, 0.25) is 0 Å². The van der Waals surface area contributed by atoms with Crippen molar-refractivity contribution in [2.75, 3.05) is 32.1 Å². The summed E-state index contributed by atoms with van der Waals surface area (Å²) in [4.78, 5) is 4.26. The molecule has 0 atom stereocenters. The highest BCUT2D eigenvalue weighted by Gasteiger charge is 2.11. The lowest BCUT2D eigenvalue weighted by Gasteiger charge is -2.13. The van der Waals surface area contributed by atoms with Crippen LogP contribution in [0.1, 0.15) is 12.0 Å². The first kappa shape index (κ1) is 18.9. The Morgan fingerprint density at radius 3 is 2.79 bits per heavy atom. The molecule has 1 aliphatic rings. The molecule has 1 aromatic heterocycles. The van der Waals surface area contributed by atoms with Crippen LogP contribution in [0.2, 0.25) is 0 Å². The molecule has 0 radical (unpaired) electrons. The molecular weight excluding hydrogens is 437 g/mol. The Bertz CT molecular complexity index is 662. The first-order valence-electron chi connectivity index (χ1n) is 7.73. The lowest BCUT2D eigenvalue weighted by molar-refractivity contribution is 0.297. The summed E-state index contributed by atoms with van der Waals surface area (Å²) < 4.78 is 11.4. The molecule has 0 bridgehead atoms. The number of aliphatic imine (C=N–C) groups is 1. The van der Waals surface area contributed by atoms with Gasteiger partial charge in [-0.2, -0.15) is 11.3 Å². The van der Waals surface area contributed by atoms with Gasteiger partial charge in [0.25, 0.3) is 0 Å². The van der Waals surface area contributed by atoms with Crippen LogP contribution in [-0.2, 0) is 6.42 Å². The van der Waals surface area contributed by atoms with Gasteiger partial charge in [-0.25, -0.2) is 0 Å². The van der Waals surface area contributed by atoms with E-state index in [1.165, 1.54) is 5.56 Å². The molecule has 1 aliphatic heterocycles. The minimum absolute atomic E-state index is 0. The van der Waals surface area contributed by atoms with E-state index in [-0.39, 0.29) is 24.0 Å². The van der Waals surface area contributed by atoms with E-state index < -0.39 is 0 Å². The van der Waals surface area contributed by atoms with Crippen molar-refractivity contribution in [3.05, 3.63) is 40.6 Å². The smallest absolute Gasteiger partial charge is 0.195 e. The monoisotopic (exact) mass is 459 g/mol. The van der Waals surface area contributed by atoms with Crippen LogP contribution in [0.3, 0.4) is 0 Å². The molecule has 2 heterocycles. The molecule has 1 aromatic carbocycles. The Hall–Kier alpha value is -1.48. The second-order valence-corrected chi connectivity index (χ2v) is 6.00. The zero-order chi connectivity index (χ0) is 15.9. The number of ether oxygens (including phenoxy) is 2. The van der Waals surface area contributed by atoms with Gasteiger partial charge >= 0.3 is 0 Å². The molecule has 0 fully saturated rings. The molecule has 7 heteroatoms. The molecule has 2 aromatic rings. The van der Waals surface area contributed by atoms with E-state index in [2.05, 4.69) is 32.5 Å². The Morgan fingerprint density at radius 1 is 1.21 bits per heavy atom. The summed E-state index contributed by atoms with van der Waals surface area (Å²) in [6.45, 7) is 2.22. The van der Waals surface area contributed by atoms with Gasteiger partial charge in [-0.3, -0.25) is 4.99 Å². The predicted molar refractivity (Wildman–Crippen MR) is 110 cm³/mol. The third-order valence-electron chi connectivity index (χ3n) is 3.52. The van der Waals surface area contributed by atoms with Crippen LogP contribution >= 0.6 is 35.3 Å². The maximum absolute atomic E-state index is 5.71. The van der Waals surface area contributed by atoms with Gasteiger partial charge in [-0.1, -0.05) is 0 Å². The maximum atomic E-state index is 5.71. The number of fused-ring (bicyclic) bond motifs is 1. The zero-order valence-corrected chi connectivity index (χ0v) is 16.7. The third-order valence-corrected chi connectivity index (χ3v) is 4.25. The summed E-state index contributed by atoms with van der Waals surface area (Å²) in [7, 11) is 1.77. The van der Waals surface area contributed by atoms with Gasteiger partial charge in [-0.15, -0.1) is 24.0 Å². The number of anilines is 1. The van der Waals surface area contributed by atoms with Crippen molar-refractivity contribution < 1.29 is 9.47 Å². The fourth-order valence-corrected chi connectivity index (χ4v) is 3.02. The standard InChI is InChI=1S/C17H21N3O2S.HI/c1-18-17(19-7-5-13-6-10-23-12-13)20-14-3-4-15-16(11-14)22-9-2-8-21-15;/h3-4,6,10-12H,2,5,7-9H2,1H3,(H2,18,19,20);1H. The molecule has 0 unspecified atom stereocenters. The van der Waals surface area contributed by atoms with Crippen LogP contribution in [0.5, 0.6) is 11.5 Å². The molecule has 0 saturated heterocycles. The number of benzene rings is 1. The number of nitrogens with one attached hydrogen (secondary N) is 2. The Labute approximate surface area is 163 Å². The Morgan fingerprint density at radius 2 is 2.04 bits per heavy atom. The van der Waals surface area contributed by atoms with Gasteiger partial charge in [0.15, 0.2) is 17.5 Å². The Kier molecular flexibility index (Phi) is 7.64. The number of thiophene rings is 1. The summed E-state index contributed by atoms with van der Waals surface area (Å²) in [6, 6.07) is 8.00. The molecule has 2 N–H and O–H groups in total. The van der Waals surface area contributed by atoms with Crippen LogP contribution in [0.4, 0.5) is 5.69 Å². The lowest BCUT2D eigenvalue weighted by atomic mass is 10.2. The van der Waals surface area contributed by atoms with E-state index >= 15 is 0 Å². The number of nitrogens with zero attached hydrogens (tertiary/aromatic N) is 1.